The van der Waals surface area contributed by atoms with E-state index in [1.54, 1.807) is 25.6 Å². The number of aromatic nitrogens is 1. The zero-order valence-corrected chi connectivity index (χ0v) is 22.8. The number of nitrogens with zero attached hydrogens (tertiary/aromatic N) is 3. The summed E-state index contributed by atoms with van der Waals surface area (Å²) in [7, 11) is 5.19. The first kappa shape index (κ1) is 26.7. The summed E-state index contributed by atoms with van der Waals surface area (Å²) < 4.78 is 10.8. The topological polar surface area (TPSA) is 71.0 Å². The average Bonchev–Trinajstić information content (AvgIpc) is 3.42. The van der Waals surface area contributed by atoms with Gasteiger partial charge in [0.2, 0.25) is 0 Å². The van der Waals surface area contributed by atoms with Crippen molar-refractivity contribution in [1.29, 1.82) is 0 Å². The van der Waals surface area contributed by atoms with Gasteiger partial charge in [0.25, 0.3) is 0 Å². The molecule has 1 aromatic carbocycles. The largest absolute Gasteiger partial charge is 0.497 e. The minimum absolute atomic E-state index is 0. The fraction of sp³-hybridized carbons (Fsp3) is 0.565. The summed E-state index contributed by atoms with van der Waals surface area (Å²) in [5, 5.41) is 10.4. The Labute approximate surface area is 213 Å². The minimum atomic E-state index is 0. The van der Waals surface area contributed by atoms with Crippen LogP contribution in [0.4, 0.5) is 0 Å². The Kier molecular flexibility index (Phi) is 11.0. The molecule has 1 fully saturated rings. The van der Waals surface area contributed by atoms with Gasteiger partial charge in [0, 0.05) is 63.1 Å². The predicted molar refractivity (Wildman–Crippen MR) is 143 cm³/mol. The van der Waals surface area contributed by atoms with Crippen molar-refractivity contribution < 1.29 is 9.47 Å². The molecular formula is C23H36IN5O2S. The number of likely N-dealkylation sites (tertiary alicyclic amines) is 1. The summed E-state index contributed by atoms with van der Waals surface area (Å²) in [6.45, 7) is 8.08. The number of hydrogen-bond acceptors (Lipinski definition) is 6. The van der Waals surface area contributed by atoms with Crippen LogP contribution >= 0.6 is 35.3 Å². The fourth-order valence-electron chi connectivity index (χ4n) is 3.71. The highest BCUT2D eigenvalue weighted by Gasteiger charge is 2.23. The predicted octanol–water partition coefficient (Wildman–Crippen LogP) is 3.88. The van der Waals surface area contributed by atoms with E-state index in [2.05, 4.69) is 51.9 Å². The van der Waals surface area contributed by atoms with Gasteiger partial charge >= 0.3 is 0 Å². The Morgan fingerprint density at radius 2 is 1.97 bits per heavy atom. The summed E-state index contributed by atoms with van der Waals surface area (Å²) in [5.74, 6) is 3.00. The summed E-state index contributed by atoms with van der Waals surface area (Å²) >= 11 is 1.75. The Morgan fingerprint density at radius 1 is 1.25 bits per heavy atom. The first-order valence-electron chi connectivity index (χ1n) is 10.9. The molecule has 0 saturated carbocycles. The quantitative estimate of drug-likeness (QED) is 0.270. The third kappa shape index (κ3) is 7.77. The van der Waals surface area contributed by atoms with Crippen molar-refractivity contribution >= 4 is 41.3 Å². The highest BCUT2D eigenvalue weighted by atomic mass is 127. The van der Waals surface area contributed by atoms with Crippen LogP contribution in [0.3, 0.4) is 0 Å². The first-order chi connectivity index (χ1) is 15.0. The van der Waals surface area contributed by atoms with Crippen molar-refractivity contribution in [2.24, 2.45) is 4.99 Å². The number of aliphatic imine (C=N–C) groups is 1. The maximum atomic E-state index is 5.39. The number of guanidine groups is 1. The van der Waals surface area contributed by atoms with Gasteiger partial charge in [-0.1, -0.05) is 13.8 Å². The lowest BCUT2D eigenvalue weighted by molar-refractivity contribution is 0.321. The third-order valence-electron chi connectivity index (χ3n) is 5.39. The third-order valence-corrected chi connectivity index (χ3v) is 6.59. The van der Waals surface area contributed by atoms with E-state index in [1.165, 1.54) is 10.6 Å². The van der Waals surface area contributed by atoms with E-state index < -0.39 is 0 Å². The van der Waals surface area contributed by atoms with E-state index in [4.69, 9.17) is 14.5 Å². The number of nitrogens with one attached hydrogen (secondary N) is 2. The van der Waals surface area contributed by atoms with Gasteiger partial charge in [-0.25, -0.2) is 4.98 Å². The normalized spacial score (nSPS) is 16.7. The molecule has 0 amide bonds. The van der Waals surface area contributed by atoms with Crippen molar-refractivity contribution in [3.63, 3.8) is 0 Å². The van der Waals surface area contributed by atoms with Gasteiger partial charge in [-0.2, -0.15) is 0 Å². The average molecular weight is 574 g/mol. The smallest absolute Gasteiger partial charge is 0.191 e. The second-order valence-corrected chi connectivity index (χ2v) is 9.06. The van der Waals surface area contributed by atoms with Crippen LogP contribution in [0.25, 0.3) is 0 Å². The van der Waals surface area contributed by atoms with Crippen LogP contribution in [0.5, 0.6) is 11.5 Å². The second kappa shape index (κ2) is 13.2. The van der Waals surface area contributed by atoms with Crippen LogP contribution in [0.15, 0.2) is 28.6 Å². The van der Waals surface area contributed by atoms with Crippen molar-refractivity contribution in [2.75, 3.05) is 40.9 Å². The van der Waals surface area contributed by atoms with E-state index in [1.807, 2.05) is 13.1 Å². The monoisotopic (exact) mass is 573 g/mol. The summed E-state index contributed by atoms with van der Waals surface area (Å²) in [5.41, 5.74) is 2.35. The molecule has 178 valence electrons. The number of rotatable bonds is 9. The van der Waals surface area contributed by atoms with Crippen molar-refractivity contribution in [3.8, 4) is 11.5 Å². The highest BCUT2D eigenvalue weighted by molar-refractivity contribution is 14.0. The van der Waals surface area contributed by atoms with Crippen LogP contribution in [0.2, 0.25) is 0 Å². The Bertz CT molecular complexity index is 852. The fourth-order valence-corrected chi connectivity index (χ4v) is 4.58. The molecule has 0 radical (unpaired) electrons. The zero-order valence-electron chi connectivity index (χ0n) is 19.7. The van der Waals surface area contributed by atoms with Crippen molar-refractivity contribution in [2.45, 2.75) is 45.2 Å². The molecule has 2 aromatic rings. The standard InChI is InChI=1S/C23H35N5O2S.HI/c1-16(2)22-26-19(15-31-22)6-8-25-23(24-3)27-18-7-9-28(14-18)13-17-10-20(29-4)12-21(11-17)30-5;/h10-12,15-16,18H,6-9,13-14H2,1-5H3,(H2,24,25,27);1H. The Hall–Kier alpha value is -1.59. The van der Waals surface area contributed by atoms with E-state index in [9.17, 15) is 0 Å². The van der Waals surface area contributed by atoms with Gasteiger partial charge in [0.05, 0.1) is 24.9 Å². The maximum absolute atomic E-state index is 5.39. The van der Waals surface area contributed by atoms with Gasteiger partial charge in [0.15, 0.2) is 5.96 Å². The number of ether oxygens (including phenoxy) is 2. The van der Waals surface area contributed by atoms with Crippen LogP contribution < -0.4 is 20.1 Å². The number of benzene rings is 1. The van der Waals surface area contributed by atoms with E-state index in [-0.39, 0.29) is 24.0 Å². The van der Waals surface area contributed by atoms with Gasteiger partial charge in [-0.05, 0) is 24.1 Å². The van der Waals surface area contributed by atoms with Crippen molar-refractivity contribution in [1.82, 2.24) is 20.5 Å². The van der Waals surface area contributed by atoms with Gasteiger partial charge in [0.1, 0.15) is 11.5 Å². The second-order valence-electron chi connectivity index (χ2n) is 8.17. The molecule has 1 aromatic heterocycles. The van der Waals surface area contributed by atoms with E-state index >= 15 is 0 Å². The molecule has 0 aliphatic carbocycles. The van der Waals surface area contributed by atoms with Crippen LogP contribution in [0, 0.1) is 0 Å². The number of hydrogen-bond donors (Lipinski definition) is 2. The van der Waals surface area contributed by atoms with Crippen LogP contribution in [-0.2, 0) is 13.0 Å². The van der Waals surface area contributed by atoms with E-state index in [0.29, 0.717) is 12.0 Å². The molecule has 3 rings (SSSR count). The molecule has 1 unspecified atom stereocenters. The lowest BCUT2D eigenvalue weighted by Gasteiger charge is -2.19. The Balaban J connectivity index is 0.00000363. The minimum Gasteiger partial charge on any atom is -0.497 e. The lowest BCUT2D eigenvalue weighted by Crippen LogP contribution is -2.45. The lowest BCUT2D eigenvalue weighted by atomic mass is 10.2. The van der Waals surface area contributed by atoms with Gasteiger partial charge in [-0.3, -0.25) is 9.89 Å². The van der Waals surface area contributed by atoms with Gasteiger partial charge in [-0.15, -0.1) is 35.3 Å². The molecule has 2 N–H and O–H groups in total. The molecule has 2 heterocycles. The highest BCUT2D eigenvalue weighted by Crippen LogP contribution is 2.24. The maximum Gasteiger partial charge on any atom is 0.191 e. The first-order valence-corrected chi connectivity index (χ1v) is 11.7. The molecular weight excluding hydrogens is 537 g/mol. The molecule has 0 spiro atoms. The molecule has 7 nitrogen and oxygen atoms in total. The molecule has 1 aliphatic heterocycles. The summed E-state index contributed by atoms with van der Waals surface area (Å²) in [6.07, 6.45) is 1.99. The zero-order chi connectivity index (χ0) is 22.2. The summed E-state index contributed by atoms with van der Waals surface area (Å²) in [6, 6.07) is 6.44. The molecule has 1 atom stereocenters. The SMILES string of the molecule is CN=C(NCCc1csc(C(C)C)n1)NC1CCN(Cc2cc(OC)cc(OC)c2)C1.I. The van der Waals surface area contributed by atoms with Gasteiger partial charge < -0.3 is 20.1 Å². The van der Waals surface area contributed by atoms with Crippen molar-refractivity contribution in [3.05, 3.63) is 39.8 Å². The molecule has 1 saturated heterocycles. The molecule has 0 bridgehead atoms. The molecule has 9 heteroatoms. The summed E-state index contributed by atoms with van der Waals surface area (Å²) in [4.78, 5) is 11.5. The molecule has 32 heavy (non-hydrogen) atoms. The van der Waals surface area contributed by atoms with E-state index in [0.717, 1.165) is 62.2 Å². The Morgan fingerprint density at radius 3 is 2.56 bits per heavy atom. The number of methoxy groups -OCH3 is 2. The van der Waals surface area contributed by atoms with Crippen LogP contribution in [0.1, 0.15) is 42.5 Å². The van der Waals surface area contributed by atoms with Crippen LogP contribution in [-0.4, -0.2) is 62.8 Å². The molecule has 1 aliphatic rings. The number of thiazole rings is 1. The number of halogens is 1.